The lowest BCUT2D eigenvalue weighted by atomic mass is 10.3. The molecule has 12 heavy (non-hydrogen) atoms. The van der Waals surface area contributed by atoms with Gasteiger partial charge in [0.25, 0.3) is 0 Å². The Kier molecular flexibility index (Phi) is 2.82. The molecule has 0 spiro atoms. The Labute approximate surface area is 77.6 Å². The quantitative estimate of drug-likeness (QED) is 0.394. The van der Waals surface area contributed by atoms with Crippen LogP contribution in [0.1, 0.15) is 0 Å². The maximum absolute atomic E-state index is 12.7. The van der Waals surface area contributed by atoms with Crippen LogP contribution in [0.4, 0.5) is 10.1 Å². The normalized spacial score (nSPS) is 9.25. The van der Waals surface area contributed by atoms with Crippen molar-refractivity contribution in [3.8, 4) is 0 Å². The fourth-order valence-corrected chi connectivity index (χ4v) is 1.13. The maximum Gasteiger partial charge on any atom is 0.240 e. The summed E-state index contributed by atoms with van der Waals surface area (Å²) < 4.78 is 12.7. The molecule has 0 N–H and O–H groups in total. The van der Waals surface area contributed by atoms with Crippen LogP contribution in [0.15, 0.2) is 17.1 Å². The average molecular weight is 206 g/mol. The fraction of sp³-hybridized carbons (Fsp3) is 0. The van der Waals surface area contributed by atoms with E-state index in [9.17, 15) is 9.18 Å². The molecule has 0 aromatic heterocycles. The first kappa shape index (κ1) is 9.20. The Morgan fingerprint density at radius 3 is 2.25 bits per heavy atom. The number of hydrogen-bond acceptors (Lipinski definition) is 2. The van der Waals surface area contributed by atoms with Gasteiger partial charge in [-0.25, -0.2) is 9.18 Å². The Balaban J connectivity index is 3.30. The van der Waals surface area contributed by atoms with Gasteiger partial charge in [-0.05, 0) is 12.1 Å². The smallest absolute Gasteiger partial charge is 0.211 e. The van der Waals surface area contributed by atoms with Crippen molar-refractivity contribution in [1.29, 1.82) is 0 Å². The van der Waals surface area contributed by atoms with Gasteiger partial charge in [0.2, 0.25) is 6.08 Å². The molecular weight excluding hydrogens is 204 g/mol. The highest BCUT2D eigenvalue weighted by Crippen LogP contribution is 2.28. The van der Waals surface area contributed by atoms with Gasteiger partial charge in [-0.15, -0.1) is 0 Å². The highest BCUT2D eigenvalue weighted by Gasteiger charge is 2.06. The van der Waals surface area contributed by atoms with Crippen LogP contribution in [0.5, 0.6) is 0 Å². The van der Waals surface area contributed by atoms with Crippen molar-refractivity contribution in [2.24, 2.45) is 4.99 Å². The number of rotatable bonds is 1. The average Bonchev–Trinajstić information content (AvgIpc) is 2.01. The van der Waals surface area contributed by atoms with E-state index in [2.05, 4.69) is 4.99 Å². The Hall–Kier alpha value is -0.890. The second-order valence-electron chi connectivity index (χ2n) is 1.93. The summed E-state index contributed by atoms with van der Waals surface area (Å²) in [4.78, 5) is 13.0. The van der Waals surface area contributed by atoms with Crippen molar-refractivity contribution in [2.45, 2.75) is 0 Å². The second-order valence-corrected chi connectivity index (χ2v) is 2.74. The summed E-state index contributed by atoms with van der Waals surface area (Å²) in [7, 11) is 0. The molecule has 0 aliphatic heterocycles. The molecule has 1 aromatic rings. The van der Waals surface area contributed by atoms with Crippen molar-refractivity contribution in [3.05, 3.63) is 28.0 Å². The lowest BCUT2D eigenvalue weighted by Crippen LogP contribution is -1.78. The molecule has 0 aliphatic carbocycles. The van der Waals surface area contributed by atoms with Crippen LogP contribution in [0.25, 0.3) is 0 Å². The number of benzene rings is 1. The molecule has 0 bridgehead atoms. The van der Waals surface area contributed by atoms with E-state index < -0.39 is 5.82 Å². The van der Waals surface area contributed by atoms with Crippen molar-refractivity contribution in [3.63, 3.8) is 0 Å². The number of aliphatic imine (C=N–C) groups is 1. The third-order valence-electron chi connectivity index (χ3n) is 1.14. The first-order chi connectivity index (χ1) is 5.65. The summed E-state index contributed by atoms with van der Waals surface area (Å²) in [6, 6.07) is 2.38. The minimum Gasteiger partial charge on any atom is -0.211 e. The molecule has 0 saturated carbocycles. The van der Waals surface area contributed by atoms with Crippen molar-refractivity contribution < 1.29 is 9.18 Å². The molecule has 0 fully saturated rings. The van der Waals surface area contributed by atoms with Crippen LogP contribution in [-0.4, -0.2) is 6.08 Å². The number of nitrogens with zero attached hydrogens (tertiary/aromatic N) is 1. The SMILES string of the molecule is O=C=Nc1cc(Cl)c(F)c(Cl)c1. The lowest BCUT2D eigenvalue weighted by Gasteiger charge is -1.97. The summed E-state index contributed by atoms with van der Waals surface area (Å²) in [6.45, 7) is 0. The molecule has 2 nitrogen and oxygen atoms in total. The summed E-state index contributed by atoms with van der Waals surface area (Å²) in [5, 5.41) is -0.340. The van der Waals surface area contributed by atoms with E-state index in [0.717, 1.165) is 0 Å². The largest absolute Gasteiger partial charge is 0.240 e. The van der Waals surface area contributed by atoms with Gasteiger partial charge >= 0.3 is 0 Å². The number of halogens is 3. The Bertz CT molecular complexity index is 337. The van der Waals surface area contributed by atoms with Gasteiger partial charge in [0, 0.05) is 0 Å². The minimum atomic E-state index is -0.719. The molecule has 0 radical (unpaired) electrons. The molecule has 5 heteroatoms. The summed E-state index contributed by atoms with van der Waals surface area (Å²) in [5.74, 6) is -0.719. The zero-order valence-corrected chi connectivity index (χ0v) is 7.16. The van der Waals surface area contributed by atoms with Gasteiger partial charge in [-0.2, -0.15) is 4.99 Å². The Morgan fingerprint density at radius 1 is 1.33 bits per heavy atom. The van der Waals surface area contributed by atoms with Crippen LogP contribution < -0.4 is 0 Å². The maximum atomic E-state index is 12.7. The molecule has 1 rings (SSSR count). The zero-order chi connectivity index (χ0) is 9.14. The highest BCUT2D eigenvalue weighted by atomic mass is 35.5. The monoisotopic (exact) mass is 205 g/mol. The predicted octanol–water partition coefficient (Wildman–Crippen LogP) is 3.10. The van der Waals surface area contributed by atoms with E-state index >= 15 is 0 Å². The van der Waals surface area contributed by atoms with Crippen molar-refractivity contribution >= 4 is 35.0 Å². The molecule has 62 valence electrons. The molecule has 0 saturated heterocycles. The number of isocyanates is 1. The van der Waals surface area contributed by atoms with Gasteiger partial charge in [-0.1, -0.05) is 23.2 Å². The van der Waals surface area contributed by atoms with E-state index in [-0.39, 0.29) is 15.7 Å². The molecule has 0 amide bonds. The summed E-state index contributed by atoms with van der Waals surface area (Å²) >= 11 is 10.8. The molecule has 0 aliphatic rings. The minimum absolute atomic E-state index is 0.170. The van der Waals surface area contributed by atoms with Gasteiger partial charge in [0.05, 0.1) is 15.7 Å². The molecule has 0 heterocycles. The second kappa shape index (κ2) is 3.68. The zero-order valence-electron chi connectivity index (χ0n) is 5.64. The van der Waals surface area contributed by atoms with Gasteiger partial charge in [-0.3, -0.25) is 0 Å². The van der Waals surface area contributed by atoms with Gasteiger partial charge < -0.3 is 0 Å². The van der Waals surface area contributed by atoms with E-state index in [1.54, 1.807) is 0 Å². The van der Waals surface area contributed by atoms with Crippen LogP contribution in [-0.2, 0) is 4.79 Å². The number of hydrogen-bond donors (Lipinski definition) is 0. The van der Waals surface area contributed by atoms with E-state index in [1.807, 2.05) is 0 Å². The standard InChI is InChI=1S/C7H2Cl2FNO/c8-5-1-4(11-3-12)2-6(9)7(5)10/h1-2H. The molecule has 0 atom stereocenters. The first-order valence-electron chi connectivity index (χ1n) is 2.87. The third-order valence-corrected chi connectivity index (χ3v) is 1.69. The molecule has 0 unspecified atom stereocenters. The number of carbonyl (C=O) groups excluding carboxylic acids is 1. The van der Waals surface area contributed by atoms with Crippen LogP contribution in [0, 0.1) is 5.82 Å². The summed E-state index contributed by atoms with van der Waals surface area (Å²) in [6.07, 6.45) is 1.29. The Morgan fingerprint density at radius 2 is 1.83 bits per heavy atom. The summed E-state index contributed by atoms with van der Waals surface area (Å²) in [5.41, 5.74) is 0.182. The lowest BCUT2D eigenvalue weighted by molar-refractivity contribution is 0.565. The van der Waals surface area contributed by atoms with Gasteiger partial charge in [0.1, 0.15) is 0 Å². The molecule has 1 aromatic carbocycles. The van der Waals surface area contributed by atoms with Crippen LogP contribution in [0.2, 0.25) is 10.0 Å². The van der Waals surface area contributed by atoms with E-state index in [4.69, 9.17) is 23.2 Å². The first-order valence-corrected chi connectivity index (χ1v) is 3.63. The highest BCUT2D eigenvalue weighted by molar-refractivity contribution is 6.35. The predicted molar refractivity (Wildman–Crippen MR) is 44.2 cm³/mol. The van der Waals surface area contributed by atoms with Crippen molar-refractivity contribution in [1.82, 2.24) is 0 Å². The molecular formula is C7H2Cl2FNO. The van der Waals surface area contributed by atoms with Crippen molar-refractivity contribution in [2.75, 3.05) is 0 Å². The van der Waals surface area contributed by atoms with Crippen LogP contribution >= 0.6 is 23.2 Å². The van der Waals surface area contributed by atoms with E-state index in [0.29, 0.717) is 0 Å². The van der Waals surface area contributed by atoms with Gasteiger partial charge in [0.15, 0.2) is 5.82 Å². The van der Waals surface area contributed by atoms with E-state index in [1.165, 1.54) is 18.2 Å². The fourth-order valence-electron chi connectivity index (χ4n) is 0.659. The topological polar surface area (TPSA) is 29.4 Å². The van der Waals surface area contributed by atoms with Crippen LogP contribution in [0.3, 0.4) is 0 Å². The third kappa shape index (κ3) is 1.83.